The monoisotopic (exact) mass is 285 g/mol. The average Bonchev–Trinajstić information content (AvgIpc) is 2.81. The van der Waals surface area contributed by atoms with Crippen LogP contribution >= 0.6 is 11.3 Å². The molecule has 2 amide bonds. The van der Waals surface area contributed by atoms with Crippen LogP contribution in [0.4, 0.5) is 4.79 Å². The maximum absolute atomic E-state index is 11.8. The van der Waals surface area contributed by atoms with Gasteiger partial charge in [0.25, 0.3) is 0 Å². The summed E-state index contributed by atoms with van der Waals surface area (Å²) in [6.45, 7) is 6.91. The average molecular weight is 285 g/mol. The van der Waals surface area contributed by atoms with Crippen LogP contribution in [-0.2, 0) is 6.54 Å². The normalized spacial score (nSPS) is 12.5. The quantitative estimate of drug-likeness (QED) is 0.842. The van der Waals surface area contributed by atoms with E-state index in [1.165, 1.54) is 0 Å². The molecule has 0 saturated carbocycles. The lowest BCUT2D eigenvalue weighted by Gasteiger charge is -2.18. The minimum atomic E-state index is -0.387. The molecule has 0 fully saturated rings. The minimum absolute atomic E-state index is 0.139. The van der Waals surface area contributed by atoms with Crippen molar-refractivity contribution in [2.24, 2.45) is 0 Å². The van der Waals surface area contributed by atoms with Crippen LogP contribution in [0.5, 0.6) is 0 Å². The van der Waals surface area contributed by atoms with Crippen molar-refractivity contribution in [3.8, 4) is 0 Å². The third-order valence-electron chi connectivity index (χ3n) is 2.71. The Kier molecular flexibility index (Phi) is 6.24. The molecule has 0 saturated heterocycles. The largest absolute Gasteiger partial charge is 0.393 e. The van der Waals surface area contributed by atoms with Crippen molar-refractivity contribution < 1.29 is 9.90 Å². The Morgan fingerprint density at radius 3 is 2.74 bits per heavy atom. The summed E-state index contributed by atoms with van der Waals surface area (Å²) in [6, 6.07) is -0.139. The first-order valence-electron chi connectivity index (χ1n) is 6.51. The summed E-state index contributed by atoms with van der Waals surface area (Å²) in [6.07, 6.45) is 0.195. The number of carbonyl (C=O) groups is 1. The Hall–Kier alpha value is -1.14. The second-order valence-corrected chi connectivity index (χ2v) is 5.94. The van der Waals surface area contributed by atoms with Crippen LogP contribution in [0.2, 0.25) is 0 Å². The van der Waals surface area contributed by atoms with Crippen molar-refractivity contribution in [1.82, 2.24) is 15.2 Å². The SMILES string of the molecule is CC(O)CCN(C)C(=O)NCc1csc(C(C)C)n1. The Morgan fingerprint density at radius 2 is 2.21 bits per heavy atom. The van der Waals surface area contributed by atoms with E-state index in [2.05, 4.69) is 24.1 Å². The highest BCUT2D eigenvalue weighted by atomic mass is 32.1. The van der Waals surface area contributed by atoms with Crippen LogP contribution in [0, 0.1) is 0 Å². The van der Waals surface area contributed by atoms with E-state index < -0.39 is 0 Å². The topological polar surface area (TPSA) is 65.5 Å². The Balaban J connectivity index is 2.36. The summed E-state index contributed by atoms with van der Waals surface area (Å²) in [7, 11) is 1.72. The van der Waals surface area contributed by atoms with Gasteiger partial charge in [-0.3, -0.25) is 0 Å². The van der Waals surface area contributed by atoms with Crippen molar-refractivity contribution in [3.05, 3.63) is 16.1 Å². The molecule has 0 aliphatic heterocycles. The Labute approximate surface area is 118 Å². The van der Waals surface area contributed by atoms with Crippen molar-refractivity contribution in [2.75, 3.05) is 13.6 Å². The molecular weight excluding hydrogens is 262 g/mol. The van der Waals surface area contributed by atoms with Gasteiger partial charge in [-0.15, -0.1) is 11.3 Å². The molecule has 108 valence electrons. The van der Waals surface area contributed by atoms with Gasteiger partial charge in [0.1, 0.15) is 0 Å². The second-order valence-electron chi connectivity index (χ2n) is 5.05. The van der Waals surface area contributed by atoms with Crippen LogP contribution in [0.15, 0.2) is 5.38 Å². The summed E-state index contributed by atoms with van der Waals surface area (Å²) < 4.78 is 0. The number of aliphatic hydroxyl groups is 1. The van der Waals surface area contributed by atoms with E-state index in [4.69, 9.17) is 0 Å². The van der Waals surface area contributed by atoms with Gasteiger partial charge >= 0.3 is 6.03 Å². The standard InChI is InChI=1S/C13H23N3O2S/c1-9(2)12-15-11(8-19-12)7-14-13(18)16(4)6-5-10(3)17/h8-10,17H,5-7H2,1-4H3,(H,14,18). The molecule has 19 heavy (non-hydrogen) atoms. The number of thiazole rings is 1. The maximum atomic E-state index is 11.8. The first kappa shape index (κ1) is 15.9. The van der Waals surface area contributed by atoms with Crippen molar-refractivity contribution >= 4 is 17.4 Å². The zero-order valence-corrected chi connectivity index (χ0v) is 12.8. The predicted octanol–water partition coefficient (Wildman–Crippen LogP) is 2.18. The number of rotatable bonds is 6. The highest BCUT2D eigenvalue weighted by Crippen LogP contribution is 2.18. The molecule has 1 atom stereocenters. The van der Waals surface area contributed by atoms with E-state index in [0.29, 0.717) is 25.4 Å². The van der Waals surface area contributed by atoms with Gasteiger partial charge in [-0.05, 0) is 13.3 Å². The van der Waals surface area contributed by atoms with E-state index >= 15 is 0 Å². The summed E-state index contributed by atoms with van der Waals surface area (Å²) in [5, 5.41) is 15.1. The fraction of sp³-hybridized carbons (Fsp3) is 0.692. The smallest absolute Gasteiger partial charge is 0.317 e. The van der Waals surface area contributed by atoms with Crippen LogP contribution < -0.4 is 5.32 Å². The van der Waals surface area contributed by atoms with Crippen molar-refractivity contribution in [3.63, 3.8) is 0 Å². The van der Waals surface area contributed by atoms with E-state index in [-0.39, 0.29) is 12.1 Å². The molecule has 1 heterocycles. The lowest BCUT2D eigenvalue weighted by atomic mass is 10.2. The Bertz CT molecular complexity index is 404. The number of carbonyl (C=O) groups excluding carboxylic acids is 1. The van der Waals surface area contributed by atoms with Crippen LogP contribution in [0.25, 0.3) is 0 Å². The van der Waals surface area contributed by atoms with Gasteiger partial charge in [0, 0.05) is 24.9 Å². The number of urea groups is 1. The van der Waals surface area contributed by atoms with E-state index in [0.717, 1.165) is 10.7 Å². The second kappa shape index (κ2) is 7.45. The fourth-order valence-electron chi connectivity index (χ4n) is 1.45. The molecule has 6 heteroatoms. The third-order valence-corrected chi connectivity index (χ3v) is 3.91. The number of hydrogen-bond donors (Lipinski definition) is 2. The molecule has 1 rings (SSSR count). The molecule has 5 nitrogen and oxygen atoms in total. The van der Waals surface area contributed by atoms with Crippen LogP contribution in [0.3, 0.4) is 0 Å². The third kappa shape index (κ3) is 5.57. The highest BCUT2D eigenvalue weighted by Gasteiger charge is 2.10. The molecule has 0 aliphatic carbocycles. The lowest BCUT2D eigenvalue weighted by Crippen LogP contribution is -2.38. The van der Waals surface area contributed by atoms with Crippen molar-refractivity contribution in [2.45, 2.75) is 45.8 Å². The lowest BCUT2D eigenvalue weighted by molar-refractivity contribution is 0.163. The molecule has 1 aromatic heterocycles. The molecule has 1 unspecified atom stereocenters. The van der Waals surface area contributed by atoms with Gasteiger partial charge in [0.15, 0.2) is 0 Å². The van der Waals surface area contributed by atoms with E-state index in [9.17, 15) is 9.90 Å². The molecule has 0 radical (unpaired) electrons. The molecule has 0 bridgehead atoms. The van der Waals surface area contributed by atoms with Crippen LogP contribution in [-0.4, -0.2) is 40.7 Å². The van der Waals surface area contributed by atoms with E-state index in [1.807, 2.05) is 5.38 Å². The molecule has 1 aromatic rings. The van der Waals surface area contributed by atoms with Gasteiger partial charge in [-0.25, -0.2) is 9.78 Å². The van der Waals surface area contributed by atoms with Gasteiger partial charge in [0.2, 0.25) is 0 Å². The summed E-state index contributed by atoms with van der Waals surface area (Å²) in [5.41, 5.74) is 0.894. The van der Waals surface area contributed by atoms with Gasteiger partial charge in [0.05, 0.1) is 23.4 Å². The summed E-state index contributed by atoms with van der Waals surface area (Å²) in [5.74, 6) is 0.420. The first-order chi connectivity index (χ1) is 8.90. The minimum Gasteiger partial charge on any atom is -0.393 e. The fourth-order valence-corrected chi connectivity index (χ4v) is 2.29. The molecule has 0 spiro atoms. The predicted molar refractivity (Wildman–Crippen MR) is 77.4 cm³/mol. The molecule has 0 aromatic carbocycles. The molecular formula is C13H23N3O2S. The number of amides is 2. The van der Waals surface area contributed by atoms with Gasteiger partial charge < -0.3 is 15.3 Å². The van der Waals surface area contributed by atoms with Gasteiger partial charge in [-0.2, -0.15) is 0 Å². The zero-order valence-electron chi connectivity index (χ0n) is 12.0. The zero-order chi connectivity index (χ0) is 14.4. The highest BCUT2D eigenvalue weighted by molar-refractivity contribution is 7.09. The first-order valence-corrected chi connectivity index (χ1v) is 7.39. The Morgan fingerprint density at radius 1 is 1.53 bits per heavy atom. The summed E-state index contributed by atoms with van der Waals surface area (Å²) in [4.78, 5) is 17.8. The number of hydrogen-bond acceptors (Lipinski definition) is 4. The summed E-state index contributed by atoms with van der Waals surface area (Å²) >= 11 is 1.62. The number of aromatic nitrogens is 1. The molecule has 2 N–H and O–H groups in total. The van der Waals surface area contributed by atoms with Crippen molar-refractivity contribution in [1.29, 1.82) is 0 Å². The number of nitrogens with zero attached hydrogens (tertiary/aromatic N) is 2. The number of aliphatic hydroxyl groups excluding tert-OH is 1. The number of nitrogens with one attached hydrogen (secondary N) is 1. The van der Waals surface area contributed by atoms with Gasteiger partial charge in [-0.1, -0.05) is 13.8 Å². The maximum Gasteiger partial charge on any atom is 0.317 e. The van der Waals surface area contributed by atoms with Crippen LogP contribution in [0.1, 0.15) is 43.8 Å². The molecule has 0 aliphatic rings. The van der Waals surface area contributed by atoms with E-state index in [1.54, 1.807) is 30.2 Å².